The average Bonchev–Trinajstić information content (AvgIpc) is 2.32. The van der Waals surface area contributed by atoms with E-state index in [2.05, 4.69) is 5.32 Å². The maximum absolute atomic E-state index is 13.3. The zero-order valence-electron chi connectivity index (χ0n) is 9.89. The van der Waals surface area contributed by atoms with Crippen molar-refractivity contribution in [2.24, 2.45) is 11.1 Å². The van der Waals surface area contributed by atoms with E-state index in [4.69, 9.17) is 5.73 Å². The van der Waals surface area contributed by atoms with Crippen LogP contribution in [0.3, 0.4) is 0 Å². The van der Waals surface area contributed by atoms with Crippen molar-refractivity contribution in [2.45, 2.75) is 20.3 Å². The number of benzene rings is 1. The molecule has 0 aliphatic heterocycles. The van der Waals surface area contributed by atoms with Gasteiger partial charge < -0.3 is 11.1 Å². The number of nitrogens with two attached hydrogens (primary N) is 1. The highest BCUT2D eigenvalue weighted by Crippen LogP contribution is 2.24. The molecule has 0 spiro atoms. The molecule has 3 nitrogen and oxygen atoms in total. The Morgan fingerprint density at radius 1 is 1.41 bits per heavy atom. The lowest BCUT2D eigenvalue weighted by atomic mass is 9.86. The molecule has 1 unspecified atom stereocenters. The maximum atomic E-state index is 13.3. The Bertz CT molecular complexity index is 397. The normalized spacial score (nSPS) is 14.2. The Hall–Kier alpha value is -1.49. The van der Waals surface area contributed by atoms with Crippen LogP contribution in [0.15, 0.2) is 18.2 Å². The van der Waals surface area contributed by atoms with Gasteiger partial charge in [0, 0.05) is 6.54 Å². The van der Waals surface area contributed by atoms with Gasteiger partial charge in [-0.05, 0) is 25.5 Å². The van der Waals surface area contributed by atoms with Gasteiger partial charge in [-0.2, -0.15) is 0 Å². The Kier molecular flexibility index (Phi) is 4.17. The van der Waals surface area contributed by atoms with Crippen molar-refractivity contribution in [1.82, 2.24) is 0 Å². The standard InChI is InChI=1S/C12H16F2N2O/c1-3-12(2,7-15)11(17)16-10-8(13)5-4-6-9(10)14/h4-6H,3,7,15H2,1-2H3,(H,16,17). The predicted molar refractivity (Wildman–Crippen MR) is 62.4 cm³/mol. The first kappa shape index (κ1) is 13.6. The van der Waals surface area contributed by atoms with E-state index in [1.165, 1.54) is 6.07 Å². The van der Waals surface area contributed by atoms with Gasteiger partial charge in [-0.3, -0.25) is 4.79 Å². The fourth-order valence-corrected chi connectivity index (χ4v) is 1.28. The van der Waals surface area contributed by atoms with Crippen LogP contribution < -0.4 is 11.1 Å². The van der Waals surface area contributed by atoms with Gasteiger partial charge in [0.05, 0.1) is 5.41 Å². The molecule has 1 amide bonds. The number of hydrogen-bond donors (Lipinski definition) is 2. The van der Waals surface area contributed by atoms with E-state index in [1.807, 2.05) is 0 Å². The maximum Gasteiger partial charge on any atom is 0.231 e. The number of para-hydroxylation sites is 1. The van der Waals surface area contributed by atoms with Gasteiger partial charge in [-0.1, -0.05) is 13.0 Å². The summed E-state index contributed by atoms with van der Waals surface area (Å²) in [4.78, 5) is 11.9. The highest BCUT2D eigenvalue weighted by Gasteiger charge is 2.30. The van der Waals surface area contributed by atoms with Crippen LogP contribution in [-0.4, -0.2) is 12.5 Å². The number of nitrogens with one attached hydrogen (secondary N) is 1. The van der Waals surface area contributed by atoms with Crippen LogP contribution in [0.5, 0.6) is 0 Å². The third kappa shape index (κ3) is 2.79. The van der Waals surface area contributed by atoms with Crippen LogP contribution in [0.25, 0.3) is 0 Å². The summed E-state index contributed by atoms with van der Waals surface area (Å²) in [7, 11) is 0. The number of hydrogen-bond acceptors (Lipinski definition) is 2. The molecular weight excluding hydrogens is 226 g/mol. The monoisotopic (exact) mass is 242 g/mol. The molecule has 0 saturated carbocycles. The Balaban J connectivity index is 2.96. The molecule has 0 saturated heterocycles. The molecular formula is C12H16F2N2O. The molecule has 17 heavy (non-hydrogen) atoms. The largest absolute Gasteiger partial charge is 0.329 e. The Morgan fingerprint density at radius 2 is 1.94 bits per heavy atom. The zero-order valence-corrected chi connectivity index (χ0v) is 9.89. The first-order valence-electron chi connectivity index (χ1n) is 5.40. The van der Waals surface area contributed by atoms with E-state index >= 15 is 0 Å². The van der Waals surface area contributed by atoms with E-state index < -0.39 is 28.6 Å². The molecule has 0 radical (unpaired) electrons. The molecule has 5 heteroatoms. The minimum Gasteiger partial charge on any atom is -0.329 e. The van der Waals surface area contributed by atoms with Crippen LogP contribution in [-0.2, 0) is 4.79 Å². The van der Waals surface area contributed by atoms with Crippen molar-refractivity contribution in [1.29, 1.82) is 0 Å². The van der Waals surface area contributed by atoms with Gasteiger partial charge >= 0.3 is 0 Å². The second-order valence-electron chi connectivity index (χ2n) is 4.17. The molecule has 1 rings (SSSR count). The van der Waals surface area contributed by atoms with Crippen molar-refractivity contribution in [3.05, 3.63) is 29.8 Å². The van der Waals surface area contributed by atoms with Crippen molar-refractivity contribution in [2.75, 3.05) is 11.9 Å². The number of rotatable bonds is 4. The fraction of sp³-hybridized carbons (Fsp3) is 0.417. The molecule has 1 atom stereocenters. The predicted octanol–water partition coefficient (Wildman–Crippen LogP) is 2.28. The van der Waals surface area contributed by atoms with Gasteiger partial charge in [-0.15, -0.1) is 0 Å². The lowest BCUT2D eigenvalue weighted by molar-refractivity contribution is -0.124. The fourth-order valence-electron chi connectivity index (χ4n) is 1.28. The van der Waals surface area contributed by atoms with E-state index in [9.17, 15) is 13.6 Å². The minimum atomic E-state index is -0.825. The quantitative estimate of drug-likeness (QED) is 0.851. The van der Waals surface area contributed by atoms with E-state index in [0.29, 0.717) is 6.42 Å². The first-order valence-corrected chi connectivity index (χ1v) is 5.40. The number of carbonyl (C=O) groups is 1. The minimum absolute atomic E-state index is 0.116. The van der Waals surface area contributed by atoms with Crippen LogP contribution in [0.2, 0.25) is 0 Å². The van der Waals surface area contributed by atoms with E-state index in [0.717, 1.165) is 12.1 Å². The third-order valence-electron chi connectivity index (χ3n) is 2.98. The summed E-state index contributed by atoms with van der Waals surface area (Å²) in [5.74, 6) is -2.07. The van der Waals surface area contributed by atoms with Crippen LogP contribution in [0, 0.1) is 17.0 Å². The topological polar surface area (TPSA) is 55.1 Å². The summed E-state index contributed by atoms with van der Waals surface area (Å²) in [6.07, 6.45) is 0.491. The van der Waals surface area contributed by atoms with Crippen molar-refractivity contribution in [3.8, 4) is 0 Å². The van der Waals surface area contributed by atoms with Crippen molar-refractivity contribution in [3.63, 3.8) is 0 Å². The molecule has 0 heterocycles. The smallest absolute Gasteiger partial charge is 0.231 e. The molecule has 94 valence electrons. The average molecular weight is 242 g/mol. The van der Waals surface area contributed by atoms with Gasteiger partial charge in [-0.25, -0.2) is 8.78 Å². The molecule has 0 aliphatic rings. The molecule has 0 aromatic heterocycles. The van der Waals surface area contributed by atoms with Crippen molar-refractivity contribution >= 4 is 11.6 Å². The van der Waals surface area contributed by atoms with Gasteiger partial charge in [0.15, 0.2) is 0 Å². The molecule has 0 bridgehead atoms. The lowest BCUT2D eigenvalue weighted by Crippen LogP contribution is -2.39. The third-order valence-corrected chi connectivity index (χ3v) is 2.98. The lowest BCUT2D eigenvalue weighted by Gasteiger charge is -2.25. The highest BCUT2D eigenvalue weighted by atomic mass is 19.1. The van der Waals surface area contributed by atoms with Crippen LogP contribution in [0.1, 0.15) is 20.3 Å². The Labute approximate surface area is 99.0 Å². The van der Waals surface area contributed by atoms with Crippen LogP contribution >= 0.6 is 0 Å². The van der Waals surface area contributed by atoms with Gasteiger partial charge in [0.25, 0.3) is 0 Å². The second kappa shape index (κ2) is 5.23. The second-order valence-corrected chi connectivity index (χ2v) is 4.17. The summed E-state index contributed by atoms with van der Waals surface area (Å²) < 4.78 is 26.6. The van der Waals surface area contributed by atoms with Gasteiger partial charge in [0.2, 0.25) is 5.91 Å². The highest BCUT2D eigenvalue weighted by molar-refractivity contribution is 5.95. The first-order chi connectivity index (χ1) is 7.94. The number of carbonyl (C=O) groups excluding carboxylic acids is 1. The summed E-state index contributed by atoms with van der Waals surface area (Å²) in [6.45, 7) is 3.57. The van der Waals surface area contributed by atoms with Crippen LogP contribution in [0.4, 0.5) is 14.5 Å². The summed E-state index contributed by atoms with van der Waals surface area (Å²) in [5.41, 5.74) is 4.25. The van der Waals surface area contributed by atoms with Crippen molar-refractivity contribution < 1.29 is 13.6 Å². The summed E-state index contributed by atoms with van der Waals surface area (Å²) >= 11 is 0. The number of amides is 1. The summed E-state index contributed by atoms with van der Waals surface area (Å²) in [6, 6.07) is 3.41. The molecule has 0 aliphatic carbocycles. The van der Waals surface area contributed by atoms with E-state index in [1.54, 1.807) is 13.8 Å². The summed E-state index contributed by atoms with van der Waals surface area (Å²) in [5, 5.41) is 2.25. The number of anilines is 1. The zero-order chi connectivity index (χ0) is 13.1. The molecule has 1 aromatic carbocycles. The number of halogens is 2. The van der Waals surface area contributed by atoms with E-state index in [-0.39, 0.29) is 6.54 Å². The van der Waals surface area contributed by atoms with Gasteiger partial charge in [0.1, 0.15) is 17.3 Å². The SMILES string of the molecule is CCC(C)(CN)C(=O)Nc1c(F)cccc1F. The molecule has 0 fully saturated rings. The Morgan fingerprint density at radius 3 is 2.35 bits per heavy atom. The molecule has 3 N–H and O–H groups in total. The molecule has 1 aromatic rings.